The number of carbonyl (C=O) groups is 3. The van der Waals surface area contributed by atoms with E-state index in [-0.39, 0.29) is 41.3 Å². The third-order valence-corrected chi connectivity index (χ3v) is 7.35. The number of piperidine rings is 1. The second kappa shape index (κ2) is 10.7. The van der Waals surface area contributed by atoms with E-state index in [0.717, 1.165) is 24.9 Å². The van der Waals surface area contributed by atoms with Crippen LogP contribution in [0, 0.1) is 11.7 Å². The molecule has 3 N–H and O–H groups in total. The minimum atomic E-state index is -0.560. The van der Waals surface area contributed by atoms with Gasteiger partial charge >= 0.3 is 0 Å². The van der Waals surface area contributed by atoms with Gasteiger partial charge in [0.1, 0.15) is 5.82 Å². The summed E-state index contributed by atoms with van der Waals surface area (Å²) in [6.07, 6.45) is 6.10. The minimum Gasteiger partial charge on any atom is -0.337 e. The van der Waals surface area contributed by atoms with E-state index in [2.05, 4.69) is 21.2 Å². The number of fused-ring (bicyclic) bond motifs is 1. The molecular formula is C26H31FN6O3. The predicted octanol–water partition coefficient (Wildman–Crippen LogP) is 1.12. The fraction of sp³-hybridized carbons (Fsp3) is 0.462. The largest absolute Gasteiger partial charge is 0.337 e. The lowest BCUT2D eigenvalue weighted by molar-refractivity contribution is -0.131. The highest BCUT2D eigenvalue weighted by Gasteiger charge is 2.40. The van der Waals surface area contributed by atoms with E-state index in [1.807, 2.05) is 0 Å². The number of pyridine rings is 1. The van der Waals surface area contributed by atoms with Gasteiger partial charge in [0.05, 0.1) is 17.0 Å². The summed E-state index contributed by atoms with van der Waals surface area (Å²) in [4.78, 5) is 45.7. The van der Waals surface area contributed by atoms with Crippen LogP contribution in [0.4, 0.5) is 4.39 Å². The van der Waals surface area contributed by atoms with E-state index in [1.54, 1.807) is 40.3 Å². The van der Waals surface area contributed by atoms with Gasteiger partial charge < -0.3 is 15.1 Å². The summed E-state index contributed by atoms with van der Waals surface area (Å²) in [6.45, 7) is 2.53. The summed E-state index contributed by atoms with van der Waals surface area (Å²) in [7, 11) is 0. The Bertz CT molecular complexity index is 1130. The molecule has 5 rings (SSSR count). The first kappa shape index (κ1) is 24.3. The van der Waals surface area contributed by atoms with Crippen LogP contribution in [0.15, 0.2) is 42.7 Å². The number of hydrogen-bond donors (Lipinski definition) is 3. The molecular weight excluding hydrogens is 463 g/mol. The third kappa shape index (κ3) is 5.10. The van der Waals surface area contributed by atoms with Gasteiger partial charge in [-0.3, -0.25) is 24.8 Å². The number of hydrogen-bond acceptors (Lipinski definition) is 6. The zero-order chi connectivity index (χ0) is 25.1. The van der Waals surface area contributed by atoms with Gasteiger partial charge in [-0.25, -0.2) is 9.82 Å². The van der Waals surface area contributed by atoms with E-state index in [1.165, 1.54) is 12.3 Å². The van der Waals surface area contributed by atoms with Crippen LogP contribution in [0.25, 0.3) is 0 Å². The molecule has 1 aromatic heterocycles. The lowest BCUT2D eigenvalue weighted by atomic mass is 9.82. The number of carbonyl (C=O) groups excluding carboxylic acids is 3. The maximum Gasteiger partial charge on any atom is 0.256 e. The molecule has 3 atom stereocenters. The van der Waals surface area contributed by atoms with E-state index in [4.69, 9.17) is 0 Å². The molecule has 2 aromatic rings. The first-order valence-electron chi connectivity index (χ1n) is 12.6. The topological polar surface area (TPSA) is 107 Å². The normalized spacial score (nSPS) is 24.5. The summed E-state index contributed by atoms with van der Waals surface area (Å²) in [5, 5.41) is 3.45. The van der Waals surface area contributed by atoms with Crippen molar-refractivity contribution >= 4 is 17.7 Å². The minimum absolute atomic E-state index is 0.00404. The number of hydrazine groups is 1. The van der Waals surface area contributed by atoms with Gasteiger partial charge in [0, 0.05) is 50.7 Å². The van der Waals surface area contributed by atoms with Crippen molar-refractivity contribution in [3.05, 3.63) is 65.2 Å². The maximum atomic E-state index is 14.8. The van der Waals surface area contributed by atoms with E-state index in [9.17, 15) is 18.8 Å². The average Bonchev–Trinajstić information content (AvgIpc) is 3.18. The first-order valence-corrected chi connectivity index (χ1v) is 12.6. The van der Waals surface area contributed by atoms with Crippen molar-refractivity contribution in [1.29, 1.82) is 0 Å². The quantitative estimate of drug-likeness (QED) is 0.588. The van der Waals surface area contributed by atoms with Crippen LogP contribution in [0.3, 0.4) is 0 Å². The SMILES string of the molecule is O=C1NNC(Cc2ccc(F)c(C(=O)N3CCCN(C(=O)c4cccnc4)CC3)c2)C2NCCCC12. The van der Waals surface area contributed by atoms with Crippen LogP contribution in [0.2, 0.25) is 0 Å². The highest BCUT2D eigenvalue weighted by atomic mass is 19.1. The monoisotopic (exact) mass is 494 g/mol. The number of nitrogens with zero attached hydrogens (tertiary/aromatic N) is 3. The predicted molar refractivity (Wildman–Crippen MR) is 130 cm³/mol. The molecule has 3 aliphatic heterocycles. The molecule has 3 unspecified atom stereocenters. The van der Waals surface area contributed by atoms with Crippen molar-refractivity contribution in [2.75, 3.05) is 32.7 Å². The molecule has 0 bridgehead atoms. The van der Waals surface area contributed by atoms with Gasteiger partial charge in [0.2, 0.25) is 5.91 Å². The van der Waals surface area contributed by atoms with Gasteiger partial charge in [-0.15, -0.1) is 0 Å². The van der Waals surface area contributed by atoms with E-state index in [0.29, 0.717) is 44.6 Å². The zero-order valence-corrected chi connectivity index (χ0v) is 20.1. The van der Waals surface area contributed by atoms with Crippen molar-refractivity contribution < 1.29 is 18.8 Å². The molecule has 9 nitrogen and oxygen atoms in total. The lowest BCUT2D eigenvalue weighted by Gasteiger charge is -2.41. The maximum absolute atomic E-state index is 14.8. The molecule has 0 aliphatic carbocycles. The lowest BCUT2D eigenvalue weighted by Crippen LogP contribution is -2.67. The number of amides is 3. The number of nitrogens with one attached hydrogen (secondary N) is 3. The summed E-state index contributed by atoms with van der Waals surface area (Å²) < 4.78 is 14.8. The van der Waals surface area contributed by atoms with Gasteiger partial charge in [-0.2, -0.15) is 0 Å². The van der Waals surface area contributed by atoms with Crippen LogP contribution >= 0.6 is 0 Å². The molecule has 190 valence electrons. The summed E-state index contributed by atoms with van der Waals surface area (Å²) in [6, 6.07) is 8.03. The second-order valence-electron chi connectivity index (χ2n) is 9.67. The Hall–Kier alpha value is -3.37. The van der Waals surface area contributed by atoms with Crippen LogP contribution in [-0.4, -0.2) is 77.3 Å². The van der Waals surface area contributed by atoms with Crippen LogP contribution < -0.4 is 16.2 Å². The molecule has 1 aromatic carbocycles. The third-order valence-electron chi connectivity index (χ3n) is 7.35. The molecule has 3 fully saturated rings. The van der Waals surface area contributed by atoms with Crippen LogP contribution in [0.5, 0.6) is 0 Å². The average molecular weight is 495 g/mol. The van der Waals surface area contributed by atoms with Gasteiger partial charge in [0.15, 0.2) is 0 Å². The number of rotatable bonds is 4. The number of halogens is 1. The fourth-order valence-corrected chi connectivity index (χ4v) is 5.44. The second-order valence-corrected chi connectivity index (χ2v) is 9.67. The zero-order valence-electron chi connectivity index (χ0n) is 20.1. The Balaban J connectivity index is 1.26. The molecule has 0 radical (unpaired) electrons. The van der Waals surface area contributed by atoms with Crippen molar-refractivity contribution in [3.63, 3.8) is 0 Å². The van der Waals surface area contributed by atoms with Crippen LogP contribution in [0.1, 0.15) is 45.5 Å². The smallest absolute Gasteiger partial charge is 0.256 e. The van der Waals surface area contributed by atoms with E-state index >= 15 is 0 Å². The van der Waals surface area contributed by atoms with Gasteiger partial charge in [-0.05, 0) is 62.1 Å². The van der Waals surface area contributed by atoms with Crippen molar-refractivity contribution in [3.8, 4) is 0 Å². The summed E-state index contributed by atoms with van der Waals surface area (Å²) in [5.74, 6) is -1.15. The Morgan fingerprint density at radius 2 is 1.86 bits per heavy atom. The molecule has 3 saturated heterocycles. The molecule has 0 spiro atoms. The number of aromatic nitrogens is 1. The summed E-state index contributed by atoms with van der Waals surface area (Å²) >= 11 is 0. The summed E-state index contributed by atoms with van der Waals surface area (Å²) in [5.41, 5.74) is 7.23. The molecule has 36 heavy (non-hydrogen) atoms. The van der Waals surface area contributed by atoms with Crippen molar-refractivity contribution in [1.82, 2.24) is 31.0 Å². The Labute approximate surface area is 209 Å². The highest BCUT2D eigenvalue weighted by Crippen LogP contribution is 2.24. The Morgan fingerprint density at radius 3 is 2.64 bits per heavy atom. The molecule has 3 aliphatic rings. The standard InChI is InChI=1S/C26H31FN6O3/c27-21-7-6-17(15-22-23-19(5-2-9-29-23)24(34)31-30-22)14-20(21)26(36)33-11-3-10-32(12-13-33)25(35)18-4-1-8-28-16-18/h1,4,6-8,14,16,19,22-23,29-30H,2-3,5,9-13,15H2,(H,31,34). The first-order chi connectivity index (χ1) is 17.5. The molecule has 10 heteroatoms. The molecule has 4 heterocycles. The molecule has 3 amide bonds. The fourth-order valence-electron chi connectivity index (χ4n) is 5.44. The van der Waals surface area contributed by atoms with Crippen molar-refractivity contribution in [2.45, 2.75) is 37.8 Å². The van der Waals surface area contributed by atoms with Crippen LogP contribution in [-0.2, 0) is 11.2 Å². The van der Waals surface area contributed by atoms with Crippen molar-refractivity contribution in [2.24, 2.45) is 5.92 Å². The van der Waals surface area contributed by atoms with E-state index < -0.39 is 5.82 Å². The van der Waals surface area contributed by atoms with Gasteiger partial charge in [0.25, 0.3) is 11.8 Å². The van der Waals surface area contributed by atoms with Gasteiger partial charge in [-0.1, -0.05) is 6.07 Å². The Kier molecular flexibility index (Phi) is 7.24. The highest BCUT2D eigenvalue weighted by molar-refractivity contribution is 5.95. The molecule has 0 saturated carbocycles. The number of benzene rings is 1. The Morgan fingerprint density at radius 1 is 1.06 bits per heavy atom.